The fourth-order valence-corrected chi connectivity index (χ4v) is 4.65. The Morgan fingerprint density at radius 2 is 2.04 bits per heavy atom. The van der Waals surface area contributed by atoms with E-state index in [1.165, 1.54) is 6.42 Å². The summed E-state index contributed by atoms with van der Waals surface area (Å²) in [5.41, 5.74) is 9.96. The van der Waals surface area contributed by atoms with Gasteiger partial charge in [0.1, 0.15) is 5.75 Å². The number of benzene rings is 1. The van der Waals surface area contributed by atoms with Crippen LogP contribution in [0.2, 0.25) is 10.0 Å². The van der Waals surface area contributed by atoms with Crippen molar-refractivity contribution in [1.29, 1.82) is 0 Å². The summed E-state index contributed by atoms with van der Waals surface area (Å²) in [5.74, 6) is 0.804. The van der Waals surface area contributed by atoms with Crippen LogP contribution >= 0.6 is 23.2 Å². The number of nitrogens with two attached hydrogens (primary N) is 1. The lowest BCUT2D eigenvalue weighted by atomic mass is 9.93. The molecule has 0 saturated heterocycles. The van der Waals surface area contributed by atoms with Crippen molar-refractivity contribution < 1.29 is 9.53 Å². The molecule has 1 aliphatic carbocycles. The average Bonchev–Trinajstić information content (AvgIpc) is 3.24. The Bertz CT molecular complexity index is 993. The summed E-state index contributed by atoms with van der Waals surface area (Å²) in [4.78, 5) is 23.2. The fraction of sp³-hybridized carbons (Fsp3) is 0.421. The van der Waals surface area contributed by atoms with E-state index in [-0.39, 0.29) is 18.0 Å². The molecule has 0 atom stereocenters. The highest BCUT2D eigenvalue weighted by Crippen LogP contribution is 2.46. The minimum atomic E-state index is -0.0806. The van der Waals surface area contributed by atoms with E-state index >= 15 is 0 Å². The lowest BCUT2D eigenvalue weighted by molar-refractivity contribution is 0.186. The topological polar surface area (TPSA) is 93.4 Å². The van der Waals surface area contributed by atoms with E-state index in [9.17, 15) is 4.79 Å². The van der Waals surface area contributed by atoms with Crippen molar-refractivity contribution in [2.24, 2.45) is 0 Å². The first-order valence-corrected chi connectivity index (χ1v) is 10.1. The molecule has 0 spiro atoms. The summed E-state index contributed by atoms with van der Waals surface area (Å²) in [6.07, 6.45) is 3.93. The van der Waals surface area contributed by atoms with Crippen LogP contribution in [-0.2, 0) is 19.5 Å². The van der Waals surface area contributed by atoms with E-state index in [4.69, 9.17) is 33.7 Å². The van der Waals surface area contributed by atoms with Gasteiger partial charge in [-0.05, 0) is 25.3 Å². The number of carbonyl (C=O) groups is 1. The van der Waals surface area contributed by atoms with Crippen LogP contribution in [0.5, 0.6) is 5.75 Å². The van der Waals surface area contributed by atoms with Gasteiger partial charge in [-0.1, -0.05) is 23.2 Å². The van der Waals surface area contributed by atoms with Gasteiger partial charge in [0.2, 0.25) is 5.95 Å². The van der Waals surface area contributed by atoms with Gasteiger partial charge in [-0.2, -0.15) is 0 Å². The Morgan fingerprint density at radius 3 is 2.79 bits per heavy atom. The second-order valence-corrected chi connectivity index (χ2v) is 8.22. The summed E-state index contributed by atoms with van der Waals surface area (Å²) in [6, 6.07) is 1.87. The molecule has 1 fully saturated rings. The van der Waals surface area contributed by atoms with E-state index in [1.54, 1.807) is 11.0 Å². The number of fused-ring (bicyclic) bond motifs is 2. The Balaban J connectivity index is 1.54. The van der Waals surface area contributed by atoms with Gasteiger partial charge in [-0.25, -0.2) is 14.8 Å². The van der Waals surface area contributed by atoms with Crippen molar-refractivity contribution in [1.82, 2.24) is 20.2 Å². The maximum Gasteiger partial charge on any atom is 0.318 e. The first-order valence-electron chi connectivity index (χ1n) is 9.36. The summed E-state index contributed by atoms with van der Waals surface area (Å²) in [6.45, 7) is 1.36. The molecule has 2 amide bonds. The van der Waals surface area contributed by atoms with Crippen LogP contribution in [0.3, 0.4) is 0 Å². The molecule has 146 valence electrons. The minimum absolute atomic E-state index is 0.0806. The van der Waals surface area contributed by atoms with Crippen molar-refractivity contribution in [2.45, 2.75) is 44.8 Å². The lowest BCUT2D eigenvalue weighted by Crippen LogP contribution is -2.45. The lowest BCUT2D eigenvalue weighted by Gasteiger charge is -2.28. The third-order valence-electron chi connectivity index (χ3n) is 5.64. The summed E-state index contributed by atoms with van der Waals surface area (Å²) in [7, 11) is 0. The maximum absolute atomic E-state index is 12.6. The van der Waals surface area contributed by atoms with E-state index in [0.717, 1.165) is 35.2 Å². The summed E-state index contributed by atoms with van der Waals surface area (Å²) >= 11 is 12.8. The normalized spacial score (nSPS) is 17.7. The standard InChI is InChI=1S/C19H19Cl2N5O2/c20-12-6-13(21)17-10(4-5-28-17)15(12)16-11-7-26(8-14(11)24-18(22)25-16)19(27)23-9-2-1-3-9/h6,9H,1-5,7-8H2,(H,23,27)(H2,22,24,25). The third-order valence-corrected chi connectivity index (χ3v) is 6.22. The first kappa shape index (κ1) is 17.8. The smallest absolute Gasteiger partial charge is 0.318 e. The molecule has 1 aromatic heterocycles. The Labute approximate surface area is 172 Å². The van der Waals surface area contributed by atoms with Gasteiger partial charge in [0.15, 0.2) is 0 Å². The van der Waals surface area contributed by atoms with Crippen LogP contribution in [-0.4, -0.2) is 33.5 Å². The van der Waals surface area contributed by atoms with Crippen LogP contribution in [0.25, 0.3) is 11.3 Å². The predicted octanol–water partition coefficient (Wildman–Crippen LogP) is 3.55. The Kier molecular flexibility index (Phi) is 4.25. The van der Waals surface area contributed by atoms with E-state index in [2.05, 4.69) is 15.3 Å². The molecule has 2 aliphatic heterocycles. The number of ether oxygens (including phenoxy) is 1. The molecule has 3 N–H and O–H groups in total. The van der Waals surface area contributed by atoms with Gasteiger partial charge in [0, 0.05) is 29.2 Å². The van der Waals surface area contributed by atoms with Gasteiger partial charge in [0.05, 0.1) is 41.1 Å². The summed E-state index contributed by atoms with van der Waals surface area (Å²) in [5, 5.41) is 4.05. The molecule has 1 aromatic carbocycles. The van der Waals surface area contributed by atoms with E-state index in [0.29, 0.717) is 47.6 Å². The highest BCUT2D eigenvalue weighted by molar-refractivity contribution is 6.37. The zero-order chi connectivity index (χ0) is 19.4. The molecule has 3 aliphatic rings. The number of halogens is 2. The van der Waals surface area contributed by atoms with E-state index in [1.807, 2.05) is 0 Å². The number of aromatic nitrogens is 2. The van der Waals surface area contributed by atoms with Crippen molar-refractivity contribution in [3.8, 4) is 17.0 Å². The molecule has 9 heteroatoms. The van der Waals surface area contributed by atoms with Crippen molar-refractivity contribution >= 4 is 35.2 Å². The van der Waals surface area contributed by atoms with Crippen molar-refractivity contribution in [3.63, 3.8) is 0 Å². The molecule has 7 nitrogen and oxygen atoms in total. The van der Waals surface area contributed by atoms with Gasteiger partial charge in [-0.15, -0.1) is 0 Å². The SMILES string of the molecule is Nc1nc2c(c(-c3c(Cl)cc(Cl)c4c3CCO4)n1)CN(C(=O)NC1CCC1)C2. The highest BCUT2D eigenvalue weighted by Gasteiger charge is 2.33. The van der Waals surface area contributed by atoms with Crippen LogP contribution in [0, 0.1) is 0 Å². The van der Waals surface area contributed by atoms with Gasteiger partial charge in [0.25, 0.3) is 0 Å². The molecule has 0 bridgehead atoms. The van der Waals surface area contributed by atoms with Gasteiger partial charge >= 0.3 is 6.03 Å². The quantitative estimate of drug-likeness (QED) is 0.775. The number of carbonyl (C=O) groups excluding carboxylic acids is 1. The molecule has 0 unspecified atom stereocenters. The molecular weight excluding hydrogens is 401 g/mol. The Hall–Kier alpha value is -2.25. The number of nitrogens with one attached hydrogen (secondary N) is 1. The molecule has 0 radical (unpaired) electrons. The van der Waals surface area contributed by atoms with Crippen molar-refractivity contribution in [3.05, 3.63) is 32.9 Å². The van der Waals surface area contributed by atoms with Crippen LogP contribution in [0.15, 0.2) is 6.07 Å². The van der Waals surface area contributed by atoms with E-state index < -0.39 is 0 Å². The minimum Gasteiger partial charge on any atom is -0.491 e. The first-order chi connectivity index (χ1) is 13.5. The second kappa shape index (κ2) is 6.67. The average molecular weight is 420 g/mol. The number of hydrogen-bond donors (Lipinski definition) is 2. The third kappa shape index (κ3) is 2.84. The summed E-state index contributed by atoms with van der Waals surface area (Å²) < 4.78 is 5.68. The maximum atomic E-state index is 12.6. The molecule has 5 rings (SSSR count). The number of nitrogens with zero attached hydrogens (tertiary/aromatic N) is 3. The highest BCUT2D eigenvalue weighted by atomic mass is 35.5. The number of urea groups is 1. The molecule has 2 aromatic rings. The van der Waals surface area contributed by atoms with Gasteiger partial charge < -0.3 is 20.7 Å². The van der Waals surface area contributed by atoms with Crippen LogP contribution in [0.1, 0.15) is 36.1 Å². The predicted molar refractivity (Wildman–Crippen MR) is 107 cm³/mol. The molecule has 28 heavy (non-hydrogen) atoms. The number of rotatable bonds is 2. The zero-order valence-corrected chi connectivity index (χ0v) is 16.6. The molecular formula is C19H19Cl2N5O2. The van der Waals surface area contributed by atoms with Crippen molar-refractivity contribution in [2.75, 3.05) is 12.3 Å². The number of hydrogen-bond acceptors (Lipinski definition) is 5. The molecule has 1 saturated carbocycles. The van der Waals surface area contributed by atoms with Crippen LogP contribution in [0.4, 0.5) is 10.7 Å². The fourth-order valence-electron chi connectivity index (χ4n) is 4.00. The molecule has 3 heterocycles. The largest absolute Gasteiger partial charge is 0.491 e. The van der Waals surface area contributed by atoms with Gasteiger partial charge in [-0.3, -0.25) is 0 Å². The van der Waals surface area contributed by atoms with Crippen LogP contribution < -0.4 is 15.8 Å². The number of amides is 2. The zero-order valence-electron chi connectivity index (χ0n) is 15.1. The number of anilines is 1. The second-order valence-electron chi connectivity index (χ2n) is 7.41. The monoisotopic (exact) mass is 419 g/mol. The Morgan fingerprint density at radius 1 is 1.21 bits per heavy atom. The number of nitrogen functional groups attached to an aromatic ring is 1.